The van der Waals surface area contributed by atoms with Crippen LogP contribution in [0.25, 0.3) is 0 Å². The number of benzene rings is 4. The van der Waals surface area contributed by atoms with Crippen molar-refractivity contribution in [2.45, 2.75) is 11.4 Å². The summed E-state index contributed by atoms with van der Waals surface area (Å²) in [6.45, 7) is -0.247. The molecule has 0 bridgehead atoms. The molecular formula is C27H22ClNO6S. The minimum atomic E-state index is -4.26. The van der Waals surface area contributed by atoms with Crippen LogP contribution in [0.5, 0.6) is 23.0 Å². The van der Waals surface area contributed by atoms with Gasteiger partial charge in [-0.05, 0) is 78.4 Å². The van der Waals surface area contributed by atoms with E-state index in [9.17, 15) is 13.2 Å². The molecule has 4 aromatic rings. The molecule has 184 valence electrons. The molecule has 0 radical (unpaired) electrons. The Hall–Kier alpha value is -4.01. The average Bonchev–Trinajstić information content (AvgIpc) is 2.89. The lowest BCUT2D eigenvalue weighted by Crippen LogP contribution is -2.38. The first-order valence-corrected chi connectivity index (χ1v) is 12.6. The molecule has 36 heavy (non-hydrogen) atoms. The number of sulfonamides is 1. The van der Waals surface area contributed by atoms with E-state index in [1.54, 1.807) is 36.4 Å². The Balaban J connectivity index is 1.57. The number of hydrogen-bond donors (Lipinski definition) is 0. The highest BCUT2D eigenvalue weighted by Gasteiger charge is 2.31. The number of hydrogen-bond acceptors (Lipinski definition) is 6. The molecule has 0 fully saturated rings. The van der Waals surface area contributed by atoms with Crippen LogP contribution in [-0.2, 0) is 16.6 Å². The summed E-state index contributed by atoms with van der Waals surface area (Å²) in [6.07, 6.45) is -1.06. The summed E-state index contributed by atoms with van der Waals surface area (Å²) >= 11 is 5.91. The van der Waals surface area contributed by atoms with Gasteiger partial charge in [0, 0.05) is 5.02 Å². The lowest BCUT2D eigenvalue weighted by Gasteiger charge is -2.22. The number of nitrogens with zero attached hydrogens (tertiary/aromatic N) is 1. The topological polar surface area (TPSA) is 82.1 Å². The molecule has 4 aromatic carbocycles. The Labute approximate surface area is 214 Å². The van der Waals surface area contributed by atoms with Crippen LogP contribution >= 0.6 is 11.6 Å². The van der Waals surface area contributed by atoms with Gasteiger partial charge in [-0.25, -0.2) is 13.2 Å². The van der Waals surface area contributed by atoms with Crippen LogP contribution < -0.4 is 14.2 Å². The third-order valence-corrected chi connectivity index (χ3v) is 7.08. The predicted octanol–water partition coefficient (Wildman–Crippen LogP) is 6.53. The highest BCUT2D eigenvalue weighted by Crippen LogP contribution is 2.26. The second kappa shape index (κ2) is 11.2. The van der Waals surface area contributed by atoms with E-state index in [1.807, 2.05) is 30.3 Å². The van der Waals surface area contributed by atoms with E-state index in [1.165, 1.54) is 43.5 Å². The van der Waals surface area contributed by atoms with Gasteiger partial charge < -0.3 is 14.2 Å². The first kappa shape index (κ1) is 25.1. The summed E-state index contributed by atoms with van der Waals surface area (Å²) in [6, 6.07) is 27.8. The second-order valence-corrected chi connectivity index (χ2v) is 9.87. The van der Waals surface area contributed by atoms with Gasteiger partial charge in [-0.3, -0.25) is 0 Å². The molecule has 0 N–H and O–H groups in total. The number of carbonyl (C=O) groups excluding carboxylic acids is 1. The molecule has 1 amide bonds. The monoisotopic (exact) mass is 523 g/mol. The van der Waals surface area contributed by atoms with Crippen LogP contribution in [0.2, 0.25) is 5.02 Å². The quantitative estimate of drug-likeness (QED) is 0.261. The summed E-state index contributed by atoms with van der Waals surface area (Å²) in [4.78, 5) is 13.1. The minimum absolute atomic E-state index is 0.0935. The zero-order valence-electron chi connectivity index (χ0n) is 19.2. The first-order chi connectivity index (χ1) is 17.3. The first-order valence-electron chi connectivity index (χ1n) is 10.8. The lowest BCUT2D eigenvalue weighted by atomic mass is 10.2. The number of methoxy groups -OCH3 is 1. The number of amides is 1. The molecule has 0 saturated heterocycles. The van der Waals surface area contributed by atoms with Gasteiger partial charge in [0.15, 0.2) is 0 Å². The Bertz CT molecular complexity index is 1410. The molecule has 7 nitrogen and oxygen atoms in total. The van der Waals surface area contributed by atoms with E-state index in [-0.39, 0.29) is 17.2 Å². The summed E-state index contributed by atoms with van der Waals surface area (Å²) < 4.78 is 43.8. The van der Waals surface area contributed by atoms with Gasteiger partial charge >= 0.3 is 6.09 Å². The molecule has 0 aliphatic rings. The van der Waals surface area contributed by atoms with Crippen LogP contribution in [-0.4, -0.2) is 25.9 Å². The largest absolute Gasteiger partial charge is 0.497 e. The fourth-order valence-corrected chi connectivity index (χ4v) is 4.64. The average molecular weight is 524 g/mol. The van der Waals surface area contributed by atoms with Gasteiger partial charge in [0.1, 0.15) is 23.0 Å². The number of halogens is 1. The second-order valence-electron chi connectivity index (χ2n) is 7.57. The fourth-order valence-electron chi connectivity index (χ4n) is 3.23. The zero-order chi connectivity index (χ0) is 25.5. The molecule has 0 aliphatic heterocycles. The number of rotatable bonds is 8. The van der Waals surface area contributed by atoms with Crippen molar-refractivity contribution in [1.82, 2.24) is 4.31 Å². The zero-order valence-corrected chi connectivity index (χ0v) is 20.8. The Kier molecular flexibility index (Phi) is 7.77. The van der Waals surface area contributed by atoms with Gasteiger partial charge in [0.2, 0.25) is 0 Å². The molecule has 0 aromatic heterocycles. The third kappa shape index (κ3) is 6.16. The van der Waals surface area contributed by atoms with Crippen molar-refractivity contribution in [3.63, 3.8) is 0 Å². The predicted molar refractivity (Wildman–Crippen MR) is 136 cm³/mol. The summed E-state index contributed by atoms with van der Waals surface area (Å²) in [7, 11) is -2.73. The number of para-hydroxylation sites is 1. The summed E-state index contributed by atoms with van der Waals surface area (Å²) in [5, 5.41) is 0.371. The number of ether oxygens (including phenoxy) is 3. The van der Waals surface area contributed by atoms with E-state index in [0.29, 0.717) is 32.1 Å². The van der Waals surface area contributed by atoms with Gasteiger partial charge in [-0.1, -0.05) is 41.9 Å². The number of carbonyl (C=O) groups is 1. The molecule has 9 heteroatoms. The Morgan fingerprint density at radius 2 is 1.31 bits per heavy atom. The van der Waals surface area contributed by atoms with Crippen molar-refractivity contribution >= 4 is 27.7 Å². The van der Waals surface area contributed by atoms with Crippen LogP contribution in [0.4, 0.5) is 4.79 Å². The highest BCUT2D eigenvalue weighted by atomic mass is 35.5. The fraction of sp³-hybridized carbons (Fsp3) is 0.0741. The van der Waals surface area contributed by atoms with Crippen LogP contribution in [0.15, 0.2) is 108 Å². The molecule has 0 heterocycles. The van der Waals surface area contributed by atoms with E-state index in [4.69, 9.17) is 25.8 Å². The lowest BCUT2D eigenvalue weighted by molar-refractivity contribution is 0.177. The van der Waals surface area contributed by atoms with Gasteiger partial charge in [-0.2, -0.15) is 4.31 Å². The SMILES string of the molecule is COc1ccc(CN(C(=O)Oc2ccc(Oc3ccccc3)cc2)S(=O)(=O)c2ccc(Cl)cc2)cc1. The van der Waals surface area contributed by atoms with Crippen LogP contribution in [0, 0.1) is 0 Å². The molecule has 0 atom stereocenters. The molecular weight excluding hydrogens is 502 g/mol. The normalized spacial score (nSPS) is 10.9. The minimum Gasteiger partial charge on any atom is -0.497 e. The van der Waals surface area contributed by atoms with Gasteiger partial charge in [0.25, 0.3) is 10.0 Å². The molecule has 0 spiro atoms. The maximum Gasteiger partial charge on any atom is 0.429 e. The summed E-state index contributed by atoms with van der Waals surface area (Å²) in [5.74, 6) is 1.95. The maximum absolute atomic E-state index is 13.4. The van der Waals surface area contributed by atoms with Crippen molar-refractivity contribution in [1.29, 1.82) is 0 Å². The third-order valence-electron chi connectivity index (χ3n) is 5.10. The summed E-state index contributed by atoms with van der Waals surface area (Å²) in [5.41, 5.74) is 0.567. The van der Waals surface area contributed by atoms with Crippen molar-refractivity contribution in [3.05, 3.63) is 114 Å². The molecule has 4 rings (SSSR count). The van der Waals surface area contributed by atoms with Crippen LogP contribution in [0.1, 0.15) is 5.56 Å². The van der Waals surface area contributed by atoms with Gasteiger partial charge in [0.05, 0.1) is 18.6 Å². The van der Waals surface area contributed by atoms with E-state index < -0.39 is 16.1 Å². The standard InChI is InChI=1S/C27H22ClNO6S/c1-33-22-11-7-20(8-12-22)19-29(36(31,32)26-17-9-21(28)10-18-26)27(30)35-25-15-13-24(14-16-25)34-23-5-3-2-4-6-23/h2-18H,19H2,1H3. The van der Waals surface area contributed by atoms with Crippen molar-refractivity contribution in [2.24, 2.45) is 0 Å². The highest BCUT2D eigenvalue weighted by molar-refractivity contribution is 7.89. The van der Waals surface area contributed by atoms with E-state index in [0.717, 1.165) is 0 Å². The molecule has 0 aliphatic carbocycles. The van der Waals surface area contributed by atoms with E-state index >= 15 is 0 Å². The van der Waals surface area contributed by atoms with Crippen molar-refractivity contribution < 1.29 is 27.4 Å². The smallest absolute Gasteiger partial charge is 0.429 e. The van der Waals surface area contributed by atoms with Crippen molar-refractivity contribution in [3.8, 4) is 23.0 Å². The Morgan fingerprint density at radius 1 is 0.750 bits per heavy atom. The Morgan fingerprint density at radius 3 is 1.92 bits per heavy atom. The molecule has 0 saturated carbocycles. The van der Waals surface area contributed by atoms with E-state index in [2.05, 4.69) is 0 Å². The maximum atomic E-state index is 13.4. The van der Waals surface area contributed by atoms with Crippen LogP contribution in [0.3, 0.4) is 0 Å². The van der Waals surface area contributed by atoms with Gasteiger partial charge in [-0.15, -0.1) is 0 Å². The molecule has 0 unspecified atom stereocenters. The van der Waals surface area contributed by atoms with Crippen molar-refractivity contribution in [2.75, 3.05) is 7.11 Å².